The van der Waals surface area contributed by atoms with Crippen molar-refractivity contribution >= 4 is 40.8 Å². The van der Waals surface area contributed by atoms with Crippen molar-refractivity contribution in [1.29, 1.82) is 0 Å². The van der Waals surface area contributed by atoms with E-state index in [1.165, 1.54) is 10.9 Å². The molecule has 5 aromatic rings. The number of benzene rings is 2. The largest absolute Gasteiger partial charge is 0.490 e. The Morgan fingerprint density at radius 1 is 0.964 bits per heavy atom. The predicted molar refractivity (Wildman–Crippen MR) is 197 cm³/mol. The molecule has 292 valence electrons. The lowest BCUT2D eigenvalue weighted by molar-refractivity contribution is -0.210. The van der Waals surface area contributed by atoms with Crippen molar-refractivity contribution in [3.05, 3.63) is 108 Å². The van der Waals surface area contributed by atoms with Crippen LogP contribution < -0.4 is 26.6 Å². The van der Waals surface area contributed by atoms with Gasteiger partial charge in [0.05, 0.1) is 30.5 Å². The number of nitrogens with zero attached hydrogens (tertiary/aromatic N) is 6. The summed E-state index contributed by atoms with van der Waals surface area (Å²) in [4.78, 5) is 57.4. The Labute approximate surface area is 318 Å². The number of ether oxygens (including phenoxy) is 1. The van der Waals surface area contributed by atoms with Crippen LogP contribution in [0.4, 0.5) is 29.7 Å². The van der Waals surface area contributed by atoms with E-state index in [4.69, 9.17) is 20.4 Å². The van der Waals surface area contributed by atoms with E-state index < -0.39 is 42.2 Å². The molecule has 1 saturated carbocycles. The minimum atomic E-state index is -5.36. The first-order valence-corrected chi connectivity index (χ1v) is 18.0. The van der Waals surface area contributed by atoms with Crippen LogP contribution in [0.1, 0.15) is 41.6 Å². The van der Waals surface area contributed by atoms with E-state index in [1.54, 1.807) is 18.3 Å². The second-order valence-electron chi connectivity index (χ2n) is 13.7. The highest BCUT2D eigenvalue weighted by atomic mass is 19.4. The van der Waals surface area contributed by atoms with Gasteiger partial charge in [-0.25, -0.2) is 14.6 Å². The lowest BCUT2D eigenvalue weighted by Gasteiger charge is -2.25. The number of fused-ring (bicyclic) bond motifs is 1. The van der Waals surface area contributed by atoms with Crippen molar-refractivity contribution in [2.24, 2.45) is 11.7 Å². The Balaban J connectivity index is 1.21. The van der Waals surface area contributed by atoms with Crippen molar-refractivity contribution in [1.82, 2.24) is 35.1 Å². The topological polar surface area (TPSA) is 203 Å². The molecule has 3 aromatic heterocycles. The number of amides is 3. The van der Waals surface area contributed by atoms with Crippen LogP contribution in [0.5, 0.6) is 0 Å². The van der Waals surface area contributed by atoms with Crippen LogP contribution in [0.3, 0.4) is 0 Å². The molecular weight excluding hydrogens is 733 g/mol. The lowest BCUT2D eigenvalue weighted by Crippen LogP contribution is -2.43. The molecule has 56 heavy (non-hydrogen) atoms. The summed E-state index contributed by atoms with van der Waals surface area (Å²) in [6.45, 7) is 1.36. The number of urea groups is 1. The molecule has 5 atom stereocenters. The number of aromatic nitrogens is 5. The molecule has 1 aliphatic heterocycles. The normalized spacial score (nSPS) is 20.9. The van der Waals surface area contributed by atoms with Gasteiger partial charge in [-0.1, -0.05) is 66.7 Å². The van der Waals surface area contributed by atoms with E-state index >= 15 is 0 Å². The molecule has 1 aliphatic carbocycles. The summed E-state index contributed by atoms with van der Waals surface area (Å²) in [6, 6.07) is 23.2. The van der Waals surface area contributed by atoms with Crippen LogP contribution in [0.25, 0.3) is 11.2 Å². The number of alkyl halides is 3. The molecule has 4 heterocycles. The smallest absolute Gasteiger partial charge is 0.451 e. The Bertz CT molecular complexity index is 2120. The molecule has 2 aromatic carbocycles. The fourth-order valence-corrected chi connectivity index (χ4v) is 7.26. The summed E-state index contributed by atoms with van der Waals surface area (Å²) in [5.74, 6) is -4.42. The van der Waals surface area contributed by atoms with Crippen molar-refractivity contribution in [2.75, 3.05) is 29.9 Å². The minimum Gasteiger partial charge on any atom is -0.451 e. The van der Waals surface area contributed by atoms with E-state index in [2.05, 4.69) is 25.9 Å². The van der Waals surface area contributed by atoms with Crippen LogP contribution in [0.2, 0.25) is 0 Å². The monoisotopic (exact) mass is 772 g/mol. The first-order valence-electron chi connectivity index (χ1n) is 18.0. The summed E-state index contributed by atoms with van der Waals surface area (Å²) in [5, 5.41) is 20.1. The average Bonchev–Trinajstić information content (AvgIpc) is 3.92. The van der Waals surface area contributed by atoms with Crippen LogP contribution in [0.15, 0.2) is 91.4 Å². The number of halogens is 3. The summed E-state index contributed by atoms with van der Waals surface area (Å²) in [6.07, 6.45) is -5.76. The molecule has 18 heteroatoms. The van der Waals surface area contributed by atoms with Crippen LogP contribution in [-0.2, 0) is 20.9 Å². The SMILES string of the molecule is NC(=O)[C@H]1C[C@@H](n2cnc3c(NCC(c4ccccc4)c4ccccc4)nc(N4CC[C@@H](NC(=O)NCc5ccccn5)C4)nc32)[C@H](OC(=O)C(F)(F)F)[C@@H]1O. The van der Waals surface area contributed by atoms with Crippen LogP contribution in [-0.4, -0.2) is 91.6 Å². The van der Waals surface area contributed by atoms with Gasteiger partial charge >= 0.3 is 18.2 Å². The molecule has 0 radical (unpaired) electrons. The Morgan fingerprint density at radius 2 is 1.66 bits per heavy atom. The first-order chi connectivity index (χ1) is 27.0. The molecule has 0 unspecified atom stereocenters. The van der Waals surface area contributed by atoms with Crippen molar-refractivity contribution in [2.45, 2.75) is 55.8 Å². The maximum Gasteiger partial charge on any atom is 0.490 e. The molecule has 6 N–H and O–H groups in total. The van der Waals surface area contributed by atoms with Gasteiger partial charge in [0.1, 0.15) is 12.2 Å². The van der Waals surface area contributed by atoms with Gasteiger partial charge < -0.3 is 41.0 Å². The molecule has 0 bridgehead atoms. The summed E-state index contributed by atoms with van der Waals surface area (Å²) < 4.78 is 46.3. The molecule has 7 rings (SSSR count). The molecule has 2 aliphatic rings. The fraction of sp³-hybridized carbons (Fsp3) is 0.342. The number of imidazole rings is 1. The molecular formula is C38H39F3N10O5. The van der Waals surface area contributed by atoms with Gasteiger partial charge in [-0.3, -0.25) is 9.78 Å². The van der Waals surface area contributed by atoms with E-state index in [0.29, 0.717) is 37.6 Å². The fourth-order valence-electron chi connectivity index (χ4n) is 7.26. The number of rotatable bonds is 12. The van der Waals surface area contributed by atoms with Gasteiger partial charge in [-0.2, -0.15) is 23.1 Å². The Hall–Kier alpha value is -6.30. The molecule has 3 amide bonds. The number of primary amides is 1. The number of aliphatic hydroxyl groups is 1. The third-order valence-corrected chi connectivity index (χ3v) is 10.1. The maximum absolute atomic E-state index is 13.4. The molecule has 15 nitrogen and oxygen atoms in total. The number of carbonyl (C=O) groups is 3. The number of esters is 1. The first kappa shape index (κ1) is 38.0. The number of hydrogen-bond donors (Lipinski definition) is 5. The highest BCUT2D eigenvalue weighted by molar-refractivity contribution is 5.85. The number of aliphatic hydroxyl groups excluding tert-OH is 1. The second kappa shape index (κ2) is 16.2. The number of carbonyl (C=O) groups excluding carboxylic acids is 3. The number of anilines is 2. The van der Waals surface area contributed by atoms with Gasteiger partial charge in [0.25, 0.3) is 0 Å². The molecule has 1 saturated heterocycles. The number of pyridine rings is 1. The third-order valence-electron chi connectivity index (χ3n) is 10.1. The molecule has 0 spiro atoms. The van der Waals surface area contributed by atoms with Gasteiger partial charge in [0, 0.05) is 37.8 Å². The summed E-state index contributed by atoms with van der Waals surface area (Å²) in [5.41, 5.74) is 8.67. The van der Waals surface area contributed by atoms with Crippen LogP contribution in [0, 0.1) is 5.92 Å². The number of nitrogens with two attached hydrogens (primary N) is 1. The van der Waals surface area contributed by atoms with Gasteiger partial charge in [0.2, 0.25) is 11.9 Å². The average molecular weight is 773 g/mol. The van der Waals surface area contributed by atoms with E-state index in [-0.39, 0.29) is 48.1 Å². The van der Waals surface area contributed by atoms with Gasteiger partial charge in [-0.15, -0.1) is 0 Å². The summed E-state index contributed by atoms with van der Waals surface area (Å²) >= 11 is 0. The Kier molecular flexibility index (Phi) is 11.0. The second-order valence-corrected chi connectivity index (χ2v) is 13.7. The highest BCUT2D eigenvalue weighted by Gasteiger charge is 2.52. The lowest BCUT2D eigenvalue weighted by atomic mass is 9.91. The zero-order chi connectivity index (χ0) is 39.4. The van der Waals surface area contributed by atoms with Crippen LogP contribution >= 0.6 is 0 Å². The van der Waals surface area contributed by atoms with Crippen molar-refractivity contribution in [3.63, 3.8) is 0 Å². The van der Waals surface area contributed by atoms with E-state index in [0.717, 1.165) is 11.1 Å². The Morgan fingerprint density at radius 3 is 2.30 bits per heavy atom. The predicted octanol–water partition coefficient (Wildman–Crippen LogP) is 3.42. The standard InChI is InChI=1S/C38H39F3N10O5/c39-38(40,41)35(54)56-31-28(17-26(30(31)52)32(42)53)51-21-46-29-33(44-19-27(22-9-3-1-4-10-22)23-11-5-2-6-12-23)48-36(49-34(29)51)50-16-14-25(20-50)47-37(55)45-18-24-13-7-8-15-43-24/h1-13,15,21,25-28,30-31,52H,14,16-20H2,(H2,42,53)(H,44,48,49)(H2,45,47,55)/t25-,26+,28-,30-,31+/m1/s1. The minimum absolute atomic E-state index is 0.134. The van der Waals surface area contributed by atoms with Crippen molar-refractivity contribution < 1.29 is 37.4 Å². The van der Waals surface area contributed by atoms with E-state index in [9.17, 15) is 32.7 Å². The molecule has 2 fully saturated rings. The third kappa shape index (κ3) is 8.34. The van der Waals surface area contributed by atoms with Gasteiger partial charge in [0.15, 0.2) is 17.0 Å². The summed E-state index contributed by atoms with van der Waals surface area (Å²) in [7, 11) is 0. The van der Waals surface area contributed by atoms with Gasteiger partial charge in [-0.05, 0) is 36.1 Å². The number of hydrogen-bond acceptors (Lipinski definition) is 11. The quantitative estimate of drug-likeness (QED) is 0.116. The maximum atomic E-state index is 13.4. The highest BCUT2D eigenvalue weighted by Crippen LogP contribution is 2.40. The van der Waals surface area contributed by atoms with Crippen molar-refractivity contribution in [3.8, 4) is 0 Å². The van der Waals surface area contributed by atoms with E-state index in [1.807, 2.05) is 71.6 Å². The number of nitrogens with one attached hydrogen (secondary N) is 3. The zero-order valence-electron chi connectivity index (χ0n) is 29.8. The zero-order valence-corrected chi connectivity index (χ0v) is 29.8.